The topological polar surface area (TPSA) is 38.3 Å². The van der Waals surface area contributed by atoms with Crippen LogP contribution in [0.5, 0.6) is 5.75 Å². The van der Waals surface area contributed by atoms with Crippen molar-refractivity contribution < 1.29 is 22.7 Å². The lowest BCUT2D eigenvalue weighted by Crippen LogP contribution is -2.32. The van der Waals surface area contributed by atoms with Crippen LogP contribution in [0.4, 0.5) is 13.2 Å². The van der Waals surface area contributed by atoms with Crippen LogP contribution < -0.4 is 10.1 Å². The first-order valence-electron chi connectivity index (χ1n) is 5.85. The molecule has 0 aromatic heterocycles. The molecule has 0 unspecified atom stereocenters. The van der Waals surface area contributed by atoms with Crippen molar-refractivity contribution in [3.05, 3.63) is 29.8 Å². The van der Waals surface area contributed by atoms with Gasteiger partial charge in [0, 0.05) is 5.56 Å². The average Bonchev–Trinajstić information content (AvgIpc) is 2.27. The molecule has 1 N–H and O–H groups in total. The number of nitrogens with one attached hydrogen (secondary N) is 1. The van der Waals surface area contributed by atoms with Crippen LogP contribution in [-0.4, -0.2) is 31.2 Å². The minimum Gasteiger partial charge on any atom is -0.491 e. The monoisotopic (exact) mass is 275 g/mol. The molecular formula is C13H16F3NO2. The number of alkyl halides is 3. The van der Waals surface area contributed by atoms with Crippen LogP contribution in [-0.2, 0) is 0 Å². The lowest BCUT2D eigenvalue weighted by atomic mass is 10.1. The number of hydrogen-bond acceptors (Lipinski definition) is 3. The lowest BCUT2D eigenvalue weighted by Gasteiger charge is -2.10. The van der Waals surface area contributed by atoms with E-state index < -0.39 is 12.7 Å². The van der Waals surface area contributed by atoms with E-state index in [2.05, 4.69) is 5.32 Å². The summed E-state index contributed by atoms with van der Waals surface area (Å²) in [6.07, 6.45) is -4.29. The van der Waals surface area contributed by atoms with Crippen molar-refractivity contribution in [2.75, 3.05) is 13.1 Å². The molecule has 0 saturated carbocycles. The quantitative estimate of drug-likeness (QED) is 0.811. The van der Waals surface area contributed by atoms with Crippen molar-refractivity contribution in [2.24, 2.45) is 0 Å². The molecule has 0 bridgehead atoms. The first-order chi connectivity index (χ1) is 8.78. The molecule has 1 aromatic rings. The summed E-state index contributed by atoms with van der Waals surface area (Å²) in [5, 5.41) is 2.06. The van der Waals surface area contributed by atoms with Gasteiger partial charge in [0.15, 0.2) is 5.78 Å². The number of Topliss-reactive ketones (excluding diaryl/α,β-unsaturated/α-hetero) is 1. The van der Waals surface area contributed by atoms with Gasteiger partial charge in [-0.05, 0) is 38.1 Å². The van der Waals surface area contributed by atoms with E-state index in [1.54, 1.807) is 12.1 Å². The first-order valence-corrected chi connectivity index (χ1v) is 5.85. The zero-order valence-electron chi connectivity index (χ0n) is 10.8. The van der Waals surface area contributed by atoms with Gasteiger partial charge < -0.3 is 10.1 Å². The summed E-state index contributed by atoms with van der Waals surface area (Å²) >= 11 is 0. The highest BCUT2D eigenvalue weighted by atomic mass is 19.4. The van der Waals surface area contributed by atoms with Gasteiger partial charge in [0.1, 0.15) is 5.75 Å². The van der Waals surface area contributed by atoms with E-state index in [0.717, 1.165) is 0 Å². The van der Waals surface area contributed by atoms with E-state index in [0.29, 0.717) is 11.3 Å². The molecule has 0 aliphatic heterocycles. The Balaban J connectivity index is 2.49. The summed E-state index contributed by atoms with van der Waals surface area (Å²) in [5.74, 6) is 0.232. The summed E-state index contributed by atoms with van der Waals surface area (Å²) in [5.41, 5.74) is 0.353. The number of benzene rings is 1. The fraction of sp³-hybridized carbons (Fsp3) is 0.462. The van der Waals surface area contributed by atoms with Gasteiger partial charge in [-0.15, -0.1) is 0 Å². The molecule has 0 fully saturated rings. The number of rotatable bonds is 6. The fourth-order valence-corrected chi connectivity index (χ4v) is 1.41. The Kier molecular flexibility index (Phi) is 5.35. The predicted molar refractivity (Wildman–Crippen MR) is 65.5 cm³/mol. The maximum absolute atomic E-state index is 11.9. The fourth-order valence-electron chi connectivity index (χ4n) is 1.41. The second kappa shape index (κ2) is 6.56. The molecule has 106 valence electrons. The number of halogens is 3. The third-order valence-corrected chi connectivity index (χ3v) is 2.16. The van der Waals surface area contributed by atoms with Crippen LogP contribution in [0.1, 0.15) is 24.2 Å². The number of hydrogen-bond donors (Lipinski definition) is 1. The maximum Gasteiger partial charge on any atom is 0.401 e. The van der Waals surface area contributed by atoms with Crippen LogP contribution >= 0.6 is 0 Å². The van der Waals surface area contributed by atoms with E-state index in [4.69, 9.17) is 4.74 Å². The third-order valence-electron chi connectivity index (χ3n) is 2.16. The van der Waals surface area contributed by atoms with Crippen molar-refractivity contribution in [3.8, 4) is 5.75 Å². The number of ether oxygens (including phenoxy) is 1. The molecule has 0 heterocycles. The molecule has 1 aromatic carbocycles. The van der Waals surface area contributed by atoms with Crippen LogP contribution in [0.2, 0.25) is 0 Å². The second-order valence-electron chi connectivity index (χ2n) is 4.33. The minimum atomic E-state index is -4.31. The van der Waals surface area contributed by atoms with Crippen LogP contribution in [0, 0.1) is 0 Å². The average molecular weight is 275 g/mol. The molecule has 0 aliphatic carbocycles. The summed E-state index contributed by atoms with van der Waals surface area (Å²) in [4.78, 5) is 11.6. The minimum absolute atomic E-state index is 0.0232. The standard InChI is InChI=1S/C13H16F3NO2/c1-9(2)19-11-5-3-10(4-6-11)12(18)7-17-8-13(14,15)16/h3-6,9,17H,7-8H2,1-2H3. The third kappa shape index (κ3) is 6.24. The van der Waals surface area contributed by atoms with Crippen molar-refractivity contribution in [1.82, 2.24) is 5.32 Å². The highest BCUT2D eigenvalue weighted by molar-refractivity contribution is 5.97. The van der Waals surface area contributed by atoms with Crippen molar-refractivity contribution in [1.29, 1.82) is 0 Å². The molecule has 1 rings (SSSR count). The maximum atomic E-state index is 11.9. The summed E-state index contributed by atoms with van der Waals surface area (Å²) in [6.45, 7) is 2.23. The Morgan fingerprint density at radius 2 is 1.84 bits per heavy atom. The van der Waals surface area contributed by atoms with E-state index >= 15 is 0 Å². The zero-order valence-corrected chi connectivity index (χ0v) is 10.8. The smallest absolute Gasteiger partial charge is 0.401 e. The molecule has 0 atom stereocenters. The molecule has 6 heteroatoms. The zero-order chi connectivity index (χ0) is 14.5. The van der Waals surface area contributed by atoms with Gasteiger partial charge in [0.2, 0.25) is 0 Å². The lowest BCUT2D eigenvalue weighted by molar-refractivity contribution is -0.124. The van der Waals surface area contributed by atoms with Crippen molar-refractivity contribution in [3.63, 3.8) is 0 Å². The molecule has 0 aliphatic rings. The van der Waals surface area contributed by atoms with Gasteiger partial charge in [0.05, 0.1) is 19.2 Å². The van der Waals surface area contributed by atoms with Gasteiger partial charge in [-0.3, -0.25) is 4.79 Å². The Morgan fingerprint density at radius 1 is 1.26 bits per heavy atom. The Morgan fingerprint density at radius 3 is 2.32 bits per heavy atom. The Bertz CT molecular complexity index is 413. The van der Waals surface area contributed by atoms with E-state index in [1.807, 2.05) is 13.8 Å². The van der Waals surface area contributed by atoms with Gasteiger partial charge >= 0.3 is 6.18 Å². The highest BCUT2D eigenvalue weighted by Crippen LogP contribution is 2.15. The van der Waals surface area contributed by atoms with Crippen LogP contribution in [0.25, 0.3) is 0 Å². The number of carbonyl (C=O) groups excluding carboxylic acids is 1. The van der Waals surface area contributed by atoms with Gasteiger partial charge in [-0.2, -0.15) is 13.2 Å². The largest absolute Gasteiger partial charge is 0.491 e. The summed E-state index contributed by atoms with van der Waals surface area (Å²) in [7, 11) is 0. The molecule has 0 amide bonds. The Labute approximate surface area is 109 Å². The molecule has 0 saturated heterocycles. The van der Waals surface area contributed by atoms with E-state index in [-0.39, 0.29) is 18.4 Å². The first kappa shape index (κ1) is 15.5. The van der Waals surface area contributed by atoms with Crippen molar-refractivity contribution >= 4 is 5.78 Å². The van der Waals surface area contributed by atoms with Gasteiger partial charge in [-0.25, -0.2) is 0 Å². The van der Waals surface area contributed by atoms with Crippen LogP contribution in [0.3, 0.4) is 0 Å². The van der Waals surface area contributed by atoms with E-state index in [1.165, 1.54) is 12.1 Å². The number of ketones is 1. The summed E-state index contributed by atoms with van der Waals surface area (Å²) < 4.78 is 41.1. The highest BCUT2D eigenvalue weighted by Gasteiger charge is 2.26. The molecular weight excluding hydrogens is 259 g/mol. The SMILES string of the molecule is CC(C)Oc1ccc(C(=O)CNCC(F)(F)F)cc1. The number of carbonyl (C=O) groups is 1. The molecule has 0 spiro atoms. The van der Waals surface area contributed by atoms with E-state index in [9.17, 15) is 18.0 Å². The van der Waals surface area contributed by atoms with Gasteiger partial charge in [-0.1, -0.05) is 0 Å². The van der Waals surface area contributed by atoms with Crippen molar-refractivity contribution in [2.45, 2.75) is 26.1 Å². The normalized spacial score (nSPS) is 11.7. The molecule has 0 radical (unpaired) electrons. The Hall–Kier alpha value is -1.56. The second-order valence-corrected chi connectivity index (χ2v) is 4.33. The molecule has 3 nitrogen and oxygen atoms in total. The predicted octanol–water partition coefficient (Wildman–Crippen LogP) is 2.81. The summed E-state index contributed by atoms with van der Waals surface area (Å²) in [6, 6.07) is 6.32. The molecule has 19 heavy (non-hydrogen) atoms. The van der Waals surface area contributed by atoms with Crippen LogP contribution in [0.15, 0.2) is 24.3 Å². The van der Waals surface area contributed by atoms with Gasteiger partial charge in [0.25, 0.3) is 0 Å².